The molecule has 0 atom stereocenters. The standard InChI is InChI=1S/C9H7O3/c10-7-3-1-2-6-4-5-12-9(11)8(6)7/h1-3,5,10H,4H2. The van der Waals surface area contributed by atoms with Crippen LogP contribution in [0.5, 0.6) is 5.75 Å². The minimum absolute atomic E-state index is 0.00870. The van der Waals surface area contributed by atoms with E-state index in [0.717, 1.165) is 5.56 Å². The second-order valence-corrected chi connectivity index (χ2v) is 2.59. The molecule has 0 spiro atoms. The van der Waals surface area contributed by atoms with Gasteiger partial charge in [0.2, 0.25) is 0 Å². The molecule has 0 saturated heterocycles. The number of cyclic esters (lactones) is 1. The summed E-state index contributed by atoms with van der Waals surface area (Å²) in [6.07, 6.45) is 0.565. The lowest BCUT2D eigenvalue weighted by atomic mass is 10.0. The first kappa shape index (κ1) is 7.16. The highest BCUT2D eigenvalue weighted by Gasteiger charge is 2.21. The Morgan fingerprint density at radius 1 is 1.42 bits per heavy atom. The number of hydrogen-bond acceptors (Lipinski definition) is 3. The fourth-order valence-electron chi connectivity index (χ4n) is 1.26. The van der Waals surface area contributed by atoms with Crippen molar-refractivity contribution in [2.24, 2.45) is 0 Å². The van der Waals surface area contributed by atoms with Gasteiger partial charge in [0.05, 0.1) is 0 Å². The van der Waals surface area contributed by atoms with Gasteiger partial charge in [-0.25, -0.2) is 4.79 Å². The third-order valence-electron chi connectivity index (χ3n) is 1.83. The van der Waals surface area contributed by atoms with Crippen molar-refractivity contribution >= 4 is 5.97 Å². The van der Waals surface area contributed by atoms with E-state index in [-0.39, 0.29) is 5.75 Å². The number of phenolic OH excluding ortho intramolecular Hbond substituents is 1. The molecule has 0 saturated carbocycles. The summed E-state index contributed by atoms with van der Waals surface area (Å²) in [5, 5.41) is 9.31. The maximum absolute atomic E-state index is 11.1. The molecule has 61 valence electrons. The minimum Gasteiger partial charge on any atom is -0.507 e. The molecule has 3 nitrogen and oxygen atoms in total. The van der Waals surface area contributed by atoms with Gasteiger partial charge >= 0.3 is 5.97 Å². The maximum Gasteiger partial charge on any atom is 0.342 e. The lowest BCUT2D eigenvalue weighted by Crippen LogP contribution is -2.13. The zero-order valence-corrected chi connectivity index (χ0v) is 6.28. The molecule has 1 aromatic rings. The highest BCUT2D eigenvalue weighted by atomic mass is 16.5. The second-order valence-electron chi connectivity index (χ2n) is 2.59. The van der Waals surface area contributed by atoms with Gasteiger partial charge in [-0.3, -0.25) is 0 Å². The van der Waals surface area contributed by atoms with Gasteiger partial charge in [0.15, 0.2) is 0 Å². The molecule has 1 N–H and O–H groups in total. The number of carbonyl (C=O) groups is 1. The van der Waals surface area contributed by atoms with Crippen LogP contribution in [0, 0.1) is 6.61 Å². The predicted octanol–water partition coefficient (Wildman–Crippen LogP) is 1.27. The molecule has 1 heterocycles. The van der Waals surface area contributed by atoms with E-state index in [0.29, 0.717) is 12.0 Å². The van der Waals surface area contributed by atoms with Gasteiger partial charge in [-0.1, -0.05) is 12.1 Å². The normalized spacial score (nSPS) is 15.2. The largest absolute Gasteiger partial charge is 0.507 e. The third-order valence-corrected chi connectivity index (χ3v) is 1.83. The fraction of sp³-hybridized carbons (Fsp3) is 0.111. The van der Waals surface area contributed by atoms with Crippen LogP contribution in [-0.2, 0) is 11.2 Å². The number of ether oxygens (including phenoxy) is 1. The topological polar surface area (TPSA) is 46.5 Å². The van der Waals surface area contributed by atoms with Crippen LogP contribution in [0.15, 0.2) is 18.2 Å². The number of phenols is 1. The van der Waals surface area contributed by atoms with E-state index in [2.05, 4.69) is 4.74 Å². The van der Waals surface area contributed by atoms with Crippen LogP contribution in [0.2, 0.25) is 0 Å². The van der Waals surface area contributed by atoms with Crippen LogP contribution in [0.3, 0.4) is 0 Å². The van der Waals surface area contributed by atoms with Gasteiger partial charge < -0.3 is 9.84 Å². The molecule has 0 unspecified atom stereocenters. The number of aromatic hydroxyl groups is 1. The molecule has 1 aliphatic heterocycles. The summed E-state index contributed by atoms with van der Waals surface area (Å²) in [6.45, 7) is 1.43. The third kappa shape index (κ3) is 0.942. The highest BCUT2D eigenvalue weighted by molar-refractivity contribution is 5.95. The van der Waals surface area contributed by atoms with E-state index in [4.69, 9.17) is 0 Å². The van der Waals surface area contributed by atoms with Crippen molar-refractivity contribution in [2.45, 2.75) is 6.42 Å². The lowest BCUT2D eigenvalue weighted by Gasteiger charge is -2.15. The van der Waals surface area contributed by atoms with Gasteiger partial charge in [-0.2, -0.15) is 0 Å². The zero-order valence-electron chi connectivity index (χ0n) is 6.28. The Bertz CT molecular complexity index is 331. The number of carbonyl (C=O) groups excluding carboxylic acids is 1. The smallest absolute Gasteiger partial charge is 0.342 e. The molecule has 1 aliphatic rings. The molecule has 0 amide bonds. The van der Waals surface area contributed by atoms with Crippen molar-refractivity contribution in [3.63, 3.8) is 0 Å². The summed E-state index contributed by atoms with van der Waals surface area (Å²) >= 11 is 0. The first-order valence-electron chi connectivity index (χ1n) is 3.62. The lowest BCUT2D eigenvalue weighted by molar-refractivity contribution is 0.0579. The monoisotopic (exact) mass is 163 g/mol. The Hall–Kier alpha value is -1.51. The summed E-state index contributed by atoms with van der Waals surface area (Å²) < 4.78 is 4.66. The molecule has 0 fully saturated rings. The summed E-state index contributed by atoms with van der Waals surface area (Å²) in [6, 6.07) is 4.98. The van der Waals surface area contributed by atoms with Crippen molar-refractivity contribution in [1.29, 1.82) is 0 Å². The van der Waals surface area contributed by atoms with Crippen molar-refractivity contribution in [3.05, 3.63) is 35.9 Å². The molecule has 12 heavy (non-hydrogen) atoms. The van der Waals surface area contributed by atoms with E-state index < -0.39 is 5.97 Å². The molecule has 0 aliphatic carbocycles. The maximum atomic E-state index is 11.1. The van der Waals surface area contributed by atoms with Crippen LogP contribution in [0.1, 0.15) is 15.9 Å². The summed E-state index contributed by atoms with van der Waals surface area (Å²) in [5.74, 6) is -0.486. The second kappa shape index (κ2) is 2.52. The fourth-order valence-corrected chi connectivity index (χ4v) is 1.26. The summed E-state index contributed by atoms with van der Waals surface area (Å²) in [4.78, 5) is 11.1. The number of hydrogen-bond donors (Lipinski definition) is 1. The average Bonchev–Trinajstić information content (AvgIpc) is 2.04. The summed E-state index contributed by atoms with van der Waals surface area (Å²) in [5.41, 5.74) is 1.10. The van der Waals surface area contributed by atoms with Crippen molar-refractivity contribution < 1.29 is 14.6 Å². The van der Waals surface area contributed by atoms with E-state index in [9.17, 15) is 9.90 Å². The van der Waals surface area contributed by atoms with Gasteiger partial charge in [0.25, 0.3) is 0 Å². The Morgan fingerprint density at radius 3 is 3.00 bits per heavy atom. The van der Waals surface area contributed by atoms with Crippen LogP contribution >= 0.6 is 0 Å². The number of fused-ring (bicyclic) bond motifs is 1. The number of rotatable bonds is 0. The minimum atomic E-state index is -0.477. The van der Waals surface area contributed by atoms with E-state index in [1.165, 1.54) is 12.7 Å². The van der Waals surface area contributed by atoms with E-state index >= 15 is 0 Å². The van der Waals surface area contributed by atoms with Gasteiger partial charge in [-0.05, 0) is 11.6 Å². The first-order valence-corrected chi connectivity index (χ1v) is 3.62. The van der Waals surface area contributed by atoms with Gasteiger partial charge in [0, 0.05) is 6.42 Å². The molecular weight excluding hydrogens is 156 g/mol. The van der Waals surface area contributed by atoms with Crippen LogP contribution in [0.25, 0.3) is 0 Å². The van der Waals surface area contributed by atoms with Crippen molar-refractivity contribution in [2.75, 3.05) is 0 Å². The Labute approximate surface area is 69.6 Å². The van der Waals surface area contributed by atoms with Crippen LogP contribution in [-0.4, -0.2) is 11.1 Å². The number of esters is 1. The number of benzene rings is 1. The SMILES string of the molecule is O=C1O[CH]Cc2cccc(O)c21. The van der Waals surface area contributed by atoms with Crippen molar-refractivity contribution in [1.82, 2.24) is 0 Å². The van der Waals surface area contributed by atoms with E-state index in [1.54, 1.807) is 12.1 Å². The predicted molar refractivity (Wildman–Crippen MR) is 41.5 cm³/mol. The average molecular weight is 163 g/mol. The molecule has 1 radical (unpaired) electrons. The molecule has 3 heteroatoms. The molecule has 1 aromatic carbocycles. The van der Waals surface area contributed by atoms with Crippen LogP contribution in [0.4, 0.5) is 0 Å². The van der Waals surface area contributed by atoms with E-state index in [1.807, 2.05) is 0 Å². The van der Waals surface area contributed by atoms with Crippen molar-refractivity contribution in [3.8, 4) is 5.75 Å². The highest BCUT2D eigenvalue weighted by Crippen LogP contribution is 2.26. The quantitative estimate of drug-likeness (QED) is 0.586. The zero-order chi connectivity index (χ0) is 8.55. The first-order chi connectivity index (χ1) is 5.79. The van der Waals surface area contributed by atoms with Gasteiger partial charge in [0.1, 0.15) is 17.9 Å². The Balaban J connectivity index is 2.60. The molecule has 0 aromatic heterocycles. The Kier molecular flexibility index (Phi) is 1.50. The molecular formula is C9H7O3. The molecule has 0 bridgehead atoms. The Morgan fingerprint density at radius 2 is 2.25 bits per heavy atom. The molecule has 2 rings (SSSR count). The van der Waals surface area contributed by atoms with Crippen LogP contribution < -0.4 is 0 Å². The summed E-state index contributed by atoms with van der Waals surface area (Å²) in [7, 11) is 0. The van der Waals surface area contributed by atoms with Gasteiger partial charge in [-0.15, -0.1) is 0 Å².